The quantitative estimate of drug-likeness (QED) is 0.409. The lowest BCUT2D eigenvalue weighted by molar-refractivity contribution is 0.0991. The Morgan fingerprint density at radius 1 is 0.567 bits per heavy atom. The number of benzene rings is 3. The first-order chi connectivity index (χ1) is 14.7. The van der Waals surface area contributed by atoms with Crippen molar-refractivity contribution in [3.63, 3.8) is 0 Å². The molecule has 30 heavy (non-hydrogen) atoms. The summed E-state index contributed by atoms with van der Waals surface area (Å²) < 4.78 is 11.1. The van der Waals surface area contributed by atoms with E-state index in [9.17, 15) is 9.59 Å². The van der Waals surface area contributed by atoms with E-state index in [0.717, 1.165) is 10.8 Å². The Morgan fingerprint density at radius 3 is 1.37 bits per heavy atom. The number of furan rings is 2. The highest BCUT2D eigenvalue weighted by Crippen LogP contribution is 2.22. The first-order valence-electron chi connectivity index (χ1n) is 9.36. The van der Waals surface area contributed by atoms with Crippen molar-refractivity contribution < 1.29 is 18.4 Å². The van der Waals surface area contributed by atoms with Gasteiger partial charge in [-0.2, -0.15) is 0 Å². The van der Waals surface area contributed by atoms with Gasteiger partial charge in [-0.25, -0.2) is 0 Å². The SMILES string of the molecule is O=C(Nc1ccc(NC(=O)c2cc3ccccc3o2)cc1)c1cc2ccccc2o1. The molecule has 0 spiro atoms. The predicted molar refractivity (Wildman–Crippen MR) is 115 cm³/mol. The summed E-state index contributed by atoms with van der Waals surface area (Å²) in [4.78, 5) is 24.9. The van der Waals surface area contributed by atoms with E-state index < -0.39 is 0 Å². The first kappa shape index (κ1) is 17.8. The molecule has 0 saturated carbocycles. The van der Waals surface area contributed by atoms with E-state index in [2.05, 4.69) is 10.6 Å². The molecule has 2 N–H and O–H groups in total. The summed E-state index contributed by atoms with van der Waals surface area (Å²) in [7, 11) is 0. The summed E-state index contributed by atoms with van der Waals surface area (Å²) in [6.07, 6.45) is 0. The largest absolute Gasteiger partial charge is 0.451 e. The Bertz CT molecular complexity index is 1210. The van der Waals surface area contributed by atoms with Crippen LogP contribution in [0.4, 0.5) is 11.4 Å². The van der Waals surface area contributed by atoms with Gasteiger partial charge in [0, 0.05) is 22.1 Å². The van der Waals surface area contributed by atoms with E-state index in [1.54, 1.807) is 36.4 Å². The highest BCUT2D eigenvalue weighted by molar-refractivity contribution is 6.06. The summed E-state index contributed by atoms with van der Waals surface area (Å²) in [5.74, 6) is -0.215. The van der Waals surface area contributed by atoms with Crippen molar-refractivity contribution in [2.24, 2.45) is 0 Å². The number of rotatable bonds is 4. The lowest BCUT2D eigenvalue weighted by Gasteiger charge is -2.06. The zero-order valence-corrected chi connectivity index (χ0v) is 15.7. The number of anilines is 2. The molecule has 2 aromatic heterocycles. The molecule has 146 valence electrons. The first-order valence-corrected chi connectivity index (χ1v) is 9.36. The Labute approximate surface area is 171 Å². The third-order valence-electron chi connectivity index (χ3n) is 4.70. The van der Waals surface area contributed by atoms with Gasteiger partial charge in [0.05, 0.1) is 0 Å². The summed E-state index contributed by atoms with van der Waals surface area (Å²) in [6, 6.07) is 25.1. The number of carbonyl (C=O) groups excluding carboxylic acids is 2. The fourth-order valence-electron chi connectivity index (χ4n) is 3.21. The molecule has 0 radical (unpaired) electrons. The molecule has 0 aliphatic carbocycles. The van der Waals surface area contributed by atoms with E-state index in [1.807, 2.05) is 48.5 Å². The fourth-order valence-corrected chi connectivity index (χ4v) is 3.21. The molecule has 0 aliphatic rings. The number of para-hydroxylation sites is 2. The van der Waals surface area contributed by atoms with Gasteiger partial charge in [0.25, 0.3) is 11.8 Å². The molecular weight excluding hydrogens is 380 g/mol. The van der Waals surface area contributed by atoms with Crippen LogP contribution in [0, 0.1) is 0 Å². The Morgan fingerprint density at radius 2 is 0.967 bits per heavy atom. The molecule has 2 heterocycles. The number of carbonyl (C=O) groups is 2. The van der Waals surface area contributed by atoms with Crippen LogP contribution >= 0.6 is 0 Å². The second-order valence-corrected chi connectivity index (χ2v) is 6.78. The summed E-state index contributed by atoms with van der Waals surface area (Å²) in [6.45, 7) is 0. The van der Waals surface area contributed by atoms with Crippen molar-refractivity contribution in [2.45, 2.75) is 0 Å². The van der Waals surface area contributed by atoms with Crippen molar-refractivity contribution >= 4 is 45.1 Å². The zero-order valence-electron chi connectivity index (χ0n) is 15.7. The lowest BCUT2D eigenvalue weighted by atomic mass is 10.2. The third-order valence-corrected chi connectivity index (χ3v) is 4.70. The van der Waals surface area contributed by atoms with Gasteiger partial charge in [0.15, 0.2) is 11.5 Å². The second kappa shape index (κ2) is 7.25. The Balaban J connectivity index is 1.26. The molecule has 2 amide bonds. The molecule has 0 bridgehead atoms. The minimum atomic E-state index is -0.342. The molecular formula is C24H16N2O4. The highest BCUT2D eigenvalue weighted by Gasteiger charge is 2.14. The van der Waals surface area contributed by atoms with Crippen molar-refractivity contribution in [1.29, 1.82) is 0 Å². The van der Waals surface area contributed by atoms with Gasteiger partial charge in [-0.05, 0) is 48.5 Å². The average molecular weight is 396 g/mol. The summed E-state index contributed by atoms with van der Waals surface area (Å²) in [5, 5.41) is 7.30. The molecule has 5 rings (SSSR count). The molecule has 0 unspecified atom stereocenters. The molecule has 6 heteroatoms. The van der Waals surface area contributed by atoms with Gasteiger partial charge in [-0.1, -0.05) is 36.4 Å². The van der Waals surface area contributed by atoms with Gasteiger partial charge in [0.2, 0.25) is 0 Å². The number of fused-ring (bicyclic) bond motifs is 2. The molecule has 5 aromatic rings. The van der Waals surface area contributed by atoms with Crippen LogP contribution in [-0.2, 0) is 0 Å². The van der Waals surface area contributed by atoms with Gasteiger partial charge in [0.1, 0.15) is 11.2 Å². The minimum absolute atomic E-state index is 0.235. The van der Waals surface area contributed by atoms with Crippen molar-refractivity contribution in [2.75, 3.05) is 10.6 Å². The van der Waals surface area contributed by atoms with E-state index in [-0.39, 0.29) is 23.3 Å². The number of amides is 2. The van der Waals surface area contributed by atoms with Crippen molar-refractivity contribution in [3.8, 4) is 0 Å². The predicted octanol–water partition coefficient (Wildman–Crippen LogP) is 5.68. The van der Waals surface area contributed by atoms with E-state index in [4.69, 9.17) is 8.83 Å². The Hall–Kier alpha value is -4.32. The monoisotopic (exact) mass is 396 g/mol. The average Bonchev–Trinajstić information content (AvgIpc) is 3.39. The van der Waals surface area contributed by atoms with Crippen LogP contribution in [0.25, 0.3) is 21.9 Å². The molecule has 6 nitrogen and oxygen atoms in total. The molecule has 0 atom stereocenters. The molecule has 0 fully saturated rings. The zero-order chi connectivity index (χ0) is 20.5. The van der Waals surface area contributed by atoms with Crippen LogP contribution in [0.3, 0.4) is 0 Å². The normalized spacial score (nSPS) is 10.9. The smallest absolute Gasteiger partial charge is 0.291 e. The van der Waals surface area contributed by atoms with Crippen LogP contribution in [0.15, 0.2) is 93.8 Å². The van der Waals surface area contributed by atoms with Crippen molar-refractivity contribution in [3.05, 3.63) is 96.4 Å². The van der Waals surface area contributed by atoms with Crippen LogP contribution in [0.5, 0.6) is 0 Å². The van der Waals surface area contributed by atoms with E-state index in [0.29, 0.717) is 22.5 Å². The highest BCUT2D eigenvalue weighted by atomic mass is 16.4. The maximum Gasteiger partial charge on any atom is 0.291 e. The molecule has 0 saturated heterocycles. The Kier molecular flexibility index (Phi) is 4.29. The van der Waals surface area contributed by atoms with Gasteiger partial charge in [-0.3, -0.25) is 9.59 Å². The standard InChI is InChI=1S/C24H16N2O4/c27-23(21-13-15-5-1-3-7-19(15)29-21)25-17-9-11-18(12-10-17)26-24(28)22-14-16-6-2-4-8-20(16)30-22/h1-14H,(H,25,27)(H,26,28). The number of hydrogen-bond acceptors (Lipinski definition) is 4. The molecule has 0 aliphatic heterocycles. The topological polar surface area (TPSA) is 84.5 Å². The van der Waals surface area contributed by atoms with Crippen LogP contribution in [-0.4, -0.2) is 11.8 Å². The van der Waals surface area contributed by atoms with Gasteiger partial charge < -0.3 is 19.5 Å². The summed E-state index contributed by atoms with van der Waals surface area (Å²) in [5.41, 5.74) is 2.49. The third kappa shape index (κ3) is 3.42. The fraction of sp³-hybridized carbons (Fsp3) is 0. The number of nitrogens with one attached hydrogen (secondary N) is 2. The maximum atomic E-state index is 12.4. The summed E-state index contributed by atoms with van der Waals surface area (Å²) >= 11 is 0. The number of hydrogen-bond donors (Lipinski definition) is 2. The van der Waals surface area contributed by atoms with Crippen molar-refractivity contribution in [1.82, 2.24) is 0 Å². The second-order valence-electron chi connectivity index (χ2n) is 6.78. The van der Waals surface area contributed by atoms with Crippen LogP contribution < -0.4 is 10.6 Å². The van der Waals surface area contributed by atoms with Gasteiger partial charge >= 0.3 is 0 Å². The van der Waals surface area contributed by atoms with Gasteiger partial charge in [-0.15, -0.1) is 0 Å². The van der Waals surface area contributed by atoms with Crippen LogP contribution in [0.2, 0.25) is 0 Å². The minimum Gasteiger partial charge on any atom is -0.451 e. The van der Waals surface area contributed by atoms with Crippen LogP contribution in [0.1, 0.15) is 21.1 Å². The maximum absolute atomic E-state index is 12.4. The molecule has 3 aromatic carbocycles. The lowest BCUT2D eigenvalue weighted by Crippen LogP contribution is -2.12. The van der Waals surface area contributed by atoms with E-state index in [1.165, 1.54) is 0 Å². The van der Waals surface area contributed by atoms with E-state index >= 15 is 0 Å².